The Morgan fingerprint density at radius 3 is 2.35 bits per heavy atom. The molecule has 3 aromatic rings. The summed E-state index contributed by atoms with van der Waals surface area (Å²) in [6, 6.07) is 19.6. The van der Waals surface area contributed by atoms with Crippen molar-refractivity contribution in [2.75, 3.05) is 4.31 Å². The summed E-state index contributed by atoms with van der Waals surface area (Å²) in [5.74, 6) is 0. The van der Waals surface area contributed by atoms with E-state index >= 15 is 0 Å². The SMILES string of the molecule is O=S(=O)(/C=C/c1ccccc1)N(Cc1cccnc1)c1ccc(Cl)cc1. The zero-order valence-corrected chi connectivity index (χ0v) is 15.4. The van der Waals surface area contributed by atoms with E-state index in [2.05, 4.69) is 4.98 Å². The number of nitrogens with zero attached hydrogens (tertiary/aromatic N) is 2. The number of rotatable bonds is 6. The Labute approximate surface area is 158 Å². The van der Waals surface area contributed by atoms with Crippen LogP contribution in [0.2, 0.25) is 5.02 Å². The Balaban J connectivity index is 1.95. The lowest BCUT2D eigenvalue weighted by Crippen LogP contribution is -2.28. The van der Waals surface area contributed by atoms with Crippen molar-refractivity contribution in [3.05, 3.63) is 101 Å². The largest absolute Gasteiger partial charge is 0.264 e. The molecule has 0 fully saturated rings. The Bertz CT molecular complexity index is 973. The van der Waals surface area contributed by atoms with Crippen LogP contribution in [0, 0.1) is 0 Å². The molecule has 6 heteroatoms. The van der Waals surface area contributed by atoms with Gasteiger partial charge in [-0.05, 0) is 47.5 Å². The van der Waals surface area contributed by atoms with Gasteiger partial charge in [-0.3, -0.25) is 9.29 Å². The standard InChI is InChI=1S/C20H17ClN2O2S/c21-19-8-10-20(11-9-19)23(16-18-7-4-13-22-15-18)26(24,25)14-12-17-5-2-1-3-6-17/h1-15H,16H2/b14-12+. The van der Waals surface area contributed by atoms with Gasteiger partial charge in [0.2, 0.25) is 0 Å². The predicted molar refractivity (Wildman–Crippen MR) is 106 cm³/mol. The molecule has 0 aliphatic heterocycles. The van der Waals surface area contributed by atoms with Crippen LogP contribution in [0.3, 0.4) is 0 Å². The van der Waals surface area contributed by atoms with Gasteiger partial charge in [0.25, 0.3) is 10.0 Å². The summed E-state index contributed by atoms with van der Waals surface area (Å²) in [7, 11) is -3.70. The number of aromatic nitrogens is 1. The summed E-state index contributed by atoms with van der Waals surface area (Å²) in [5.41, 5.74) is 2.14. The number of benzene rings is 2. The molecular weight excluding hydrogens is 368 g/mol. The Morgan fingerprint density at radius 1 is 0.962 bits per heavy atom. The number of sulfonamides is 1. The van der Waals surface area contributed by atoms with Crippen LogP contribution < -0.4 is 4.31 Å². The van der Waals surface area contributed by atoms with Crippen LogP contribution in [0.5, 0.6) is 0 Å². The summed E-state index contributed by atoms with van der Waals surface area (Å²) in [6.45, 7) is 0.178. The van der Waals surface area contributed by atoms with Gasteiger partial charge in [0.05, 0.1) is 17.6 Å². The smallest absolute Gasteiger partial charge is 0.257 e. The molecule has 1 aromatic heterocycles. The van der Waals surface area contributed by atoms with Gasteiger partial charge < -0.3 is 0 Å². The van der Waals surface area contributed by atoms with Gasteiger partial charge >= 0.3 is 0 Å². The molecule has 26 heavy (non-hydrogen) atoms. The molecule has 132 valence electrons. The van der Waals surface area contributed by atoms with E-state index in [4.69, 9.17) is 11.6 Å². The minimum Gasteiger partial charge on any atom is -0.264 e. The van der Waals surface area contributed by atoms with Crippen LogP contribution in [-0.4, -0.2) is 13.4 Å². The first-order valence-corrected chi connectivity index (χ1v) is 9.83. The Hall–Kier alpha value is -2.63. The maximum atomic E-state index is 13.0. The number of hydrogen-bond acceptors (Lipinski definition) is 3. The lowest BCUT2D eigenvalue weighted by molar-refractivity contribution is 0.599. The van der Waals surface area contributed by atoms with Gasteiger partial charge in [-0.25, -0.2) is 8.42 Å². The molecule has 0 unspecified atom stereocenters. The molecule has 3 rings (SSSR count). The van der Waals surface area contributed by atoms with Crippen molar-refractivity contribution in [2.45, 2.75) is 6.54 Å². The number of pyridine rings is 1. The number of halogens is 1. The third-order valence-corrected chi connectivity index (χ3v) is 5.39. The molecule has 0 atom stereocenters. The number of anilines is 1. The van der Waals surface area contributed by atoms with Crippen molar-refractivity contribution < 1.29 is 8.42 Å². The second-order valence-corrected chi connectivity index (χ2v) is 7.78. The van der Waals surface area contributed by atoms with E-state index in [9.17, 15) is 8.42 Å². The van der Waals surface area contributed by atoms with E-state index in [0.717, 1.165) is 11.1 Å². The Kier molecular flexibility index (Phi) is 5.71. The summed E-state index contributed by atoms with van der Waals surface area (Å²) in [6.07, 6.45) is 4.89. The lowest BCUT2D eigenvalue weighted by Gasteiger charge is -2.23. The minimum atomic E-state index is -3.70. The van der Waals surface area contributed by atoms with Crippen molar-refractivity contribution in [2.24, 2.45) is 0 Å². The first-order valence-electron chi connectivity index (χ1n) is 7.95. The maximum absolute atomic E-state index is 13.0. The molecule has 0 saturated carbocycles. The van der Waals surface area contributed by atoms with Gasteiger partial charge in [-0.15, -0.1) is 0 Å². The fraction of sp³-hybridized carbons (Fsp3) is 0.0500. The zero-order valence-electron chi connectivity index (χ0n) is 13.9. The Morgan fingerprint density at radius 2 is 1.69 bits per heavy atom. The maximum Gasteiger partial charge on any atom is 0.257 e. The van der Waals surface area contributed by atoms with Crippen molar-refractivity contribution in [3.63, 3.8) is 0 Å². The molecule has 0 spiro atoms. The summed E-state index contributed by atoms with van der Waals surface area (Å²) >= 11 is 5.94. The highest BCUT2D eigenvalue weighted by Crippen LogP contribution is 2.24. The molecule has 2 aromatic carbocycles. The topological polar surface area (TPSA) is 50.3 Å². The van der Waals surface area contributed by atoms with Gasteiger partial charge in [0.15, 0.2) is 0 Å². The van der Waals surface area contributed by atoms with Crippen LogP contribution in [-0.2, 0) is 16.6 Å². The molecule has 1 heterocycles. The molecule has 0 bridgehead atoms. The van der Waals surface area contributed by atoms with Crippen LogP contribution in [0.4, 0.5) is 5.69 Å². The van der Waals surface area contributed by atoms with E-state index < -0.39 is 10.0 Å². The fourth-order valence-electron chi connectivity index (χ4n) is 2.40. The highest BCUT2D eigenvalue weighted by molar-refractivity contribution is 7.95. The average Bonchev–Trinajstić information content (AvgIpc) is 2.67. The van der Waals surface area contributed by atoms with E-state index in [1.165, 1.54) is 9.71 Å². The lowest BCUT2D eigenvalue weighted by atomic mass is 10.2. The molecule has 0 N–H and O–H groups in total. The molecule has 0 aliphatic rings. The van der Waals surface area contributed by atoms with Crippen LogP contribution in [0.15, 0.2) is 84.5 Å². The van der Waals surface area contributed by atoms with E-state index in [0.29, 0.717) is 10.7 Å². The van der Waals surface area contributed by atoms with Crippen molar-refractivity contribution in [1.29, 1.82) is 0 Å². The molecule has 0 saturated heterocycles. The van der Waals surface area contributed by atoms with Gasteiger partial charge in [0.1, 0.15) is 0 Å². The van der Waals surface area contributed by atoms with Crippen molar-refractivity contribution >= 4 is 33.4 Å². The second-order valence-electron chi connectivity index (χ2n) is 5.60. The number of hydrogen-bond donors (Lipinski definition) is 0. The second kappa shape index (κ2) is 8.17. The summed E-state index contributed by atoms with van der Waals surface area (Å²) in [4.78, 5) is 4.06. The zero-order chi connectivity index (χ0) is 18.4. The normalized spacial score (nSPS) is 11.6. The first-order chi connectivity index (χ1) is 12.5. The van der Waals surface area contributed by atoms with Crippen molar-refractivity contribution in [3.8, 4) is 0 Å². The first kappa shape index (κ1) is 18.2. The summed E-state index contributed by atoms with van der Waals surface area (Å²) < 4.78 is 27.3. The van der Waals surface area contributed by atoms with Crippen LogP contribution >= 0.6 is 11.6 Å². The quantitative estimate of drug-likeness (QED) is 0.616. The third kappa shape index (κ3) is 4.71. The minimum absolute atomic E-state index is 0.178. The third-order valence-electron chi connectivity index (χ3n) is 3.70. The molecule has 0 amide bonds. The molecule has 4 nitrogen and oxygen atoms in total. The van der Waals surface area contributed by atoms with Gasteiger partial charge in [-0.2, -0.15) is 0 Å². The average molecular weight is 385 g/mol. The highest BCUT2D eigenvalue weighted by Gasteiger charge is 2.20. The van der Waals surface area contributed by atoms with Crippen molar-refractivity contribution in [1.82, 2.24) is 4.98 Å². The predicted octanol–water partition coefficient (Wildman–Crippen LogP) is 4.74. The van der Waals surface area contributed by atoms with E-state index in [1.807, 2.05) is 36.4 Å². The fourth-order valence-corrected chi connectivity index (χ4v) is 3.74. The summed E-state index contributed by atoms with van der Waals surface area (Å²) in [5, 5.41) is 1.76. The highest BCUT2D eigenvalue weighted by atomic mass is 35.5. The van der Waals surface area contributed by atoms with E-state index in [-0.39, 0.29) is 6.54 Å². The van der Waals surface area contributed by atoms with Crippen LogP contribution in [0.25, 0.3) is 6.08 Å². The van der Waals surface area contributed by atoms with E-state index in [1.54, 1.807) is 48.8 Å². The molecular formula is C20H17ClN2O2S. The van der Waals surface area contributed by atoms with Crippen LogP contribution in [0.1, 0.15) is 11.1 Å². The van der Waals surface area contributed by atoms with Gasteiger partial charge in [0, 0.05) is 17.4 Å². The van der Waals surface area contributed by atoms with Gasteiger partial charge in [-0.1, -0.05) is 48.0 Å². The molecule has 0 radical (unpaired) electrons. The monoisotopic (exact) mass is 384 g/mol. The molecule has 0 aliphatic carbocycles.